The number of hydrogen-bond donors (Lipinski definition) is 1. The Labute approximate surface area is 161 Å². The van der Waals surface area contributed by atoms with Crippen LogP contribution in [-0.2, 0) is 4.74 Å². The Balaban J connectivity index is 1.69. The highest BCUT2D eigenvalue weighted by molar-refractivity contribution is 6.33. The minimum Gasteiger partial charge on any atom is -0.462 e. The number of pyridine rings is 2. The standard InChI is InChI=1S/C20H16ClN3O3/c1-2-27-20(26)13-5-8-15(9-6-13)24-19(25)17-10-7-14(12-23-17)18-16(21)4-3-11-22-18/h3-12H,2H2,1H3,(H,24,25). The molecule has 0 saturated heterocycles. The van der Waals surface area contributed by atoms with Crippen LogP contribution in [0.5, 0.6) is 0 Å². The number of aromatic nitrogens is 2. The summed E-state index contributed by atoms with van der Waals surface area (Å²) in [5.74, 6) is -0.765. The number of benzene rings is 1. The van der Waals surface area contributed by atoms with E-state index in [0.717, 1.165) is 5.56 Å². The van der Waals surface area contributed by atoms with E-state index in [4.69, 9.17) is 16.3 Å². The number of anilines is 1. The second-order valence-electron chi connectivity index (χ2n) is 5.52. The first-order valence-corrected chi connectivity index (χ1v) is 8.61. The van der Waals surface area contributed by atoms with Crippen LogP contribution < -0.4 is 5.32 Å². The maximum atomic E-state index is 12.3. The van der Waals surface area contributed by atoms with Crippen LogP contribution >= 0.6 is 11.6 Å². The Bertz CT molecular complexity index is 957. The highest BCUT2D eigenvalue weighted by Crippen LogP contribution is 2.24. The van der Waals surface area contributed by atoms with Crippen molar-refractivity contribution in [1.82, 2.24) is 9.97 Å². The van der Waals surface area contributed by atoms with Crippen LogP contribution in [0.3, 0.4) is 0 Å². The van der Waals surface area contributed by atoms with Crippen molar-refractivity contribution in [3.8, 4) is 11.3 Å². The van der Waals surface area contributed by atoms with Crippen LogP contribution in [-0.4, -0.2) is 28.5 Å². The van der Waals surface area contributed by atoms with Gasteiger partial charge in [-0.05, 0) is 55.5 Å². The molecule has 0 unspecified atom stereocenters. The van der Waals surface area contributed by atoms with Gasteiger partial charge in [-0.2, -0.15) is 0 Å². The summed E-state index contributed by atoms with van der Waals surface area (Å²) < 4.78 is 4.92. The Morgan fingerprint density at radius 3 is 2.48 bits per heavy atom. The van der Waals surface area contributed by atoms with Gasteiger partial charge in [-0.3, -0.25) is 14.8 Å². The lowest BCUT2D eigenvalue weighted by molar-refractivity contribution is 0.0526. The smallest absolute Gasteiger partial charge is 0.338 e. The SMILES string of the molecule is CCOC(=O)c1ccc(NC(=O)c2ccc(-c3ncccc3Cl)cn2)cc1. The molecule has 0 atom stereocenters. The van der Waals surface area contributed by atoms with Crippen molar-refractivity contribution < 1.29 is 14.3 Å². The minimum absolute atomic E-state index is 0.250. The maximum absolute atomic E-state index is 12.3. The summed E-state index contributed by atoms with van der Waals surface area (Å²) >= 11 is 6.12. The summed E-state index contributed by atoms with van der Waals surface area (Å²) in [6, 6.07) is 13.3. The van der Waals surface area contributed by atoms with Crippen molar-refractivity contribution >= 4 is 29.2 Å². The van der Waals surface area contributed by atoms with Crippen LogP contribution in [0.15, 0.2) is 60.9 Å². The van der Waals surface area contributed by atoms with Crippen molar-refractivity contribution in [2.45, 2.75) is 6.92 Å². The van der Waals surface area contributed by atoms with E-state index in [1.165, 1.54) is 0 Å². The Kier molecular flexibility index (Phi) is 5.78. The quantitative estimate of drug-likeness (QED) is 0.669. The molecule has 1 N–H and O–H groups in total. The van der Waals surface area contributed by atoms with Gasteiger partial charge in [0.15, 0.2) is 0 Å². The van der Waals surface area contributed by atoms with E-state index in [2.05, 4.69) is 15.3 Å². The molecule has 0 radical (unpaired) electrons. The molecule has 3 aromatic rings. The summed E-state index contributed by atoms with van der Waals surface area (Å²) in [6.07, 6.45) is 3.19. The van der Waals surface area contributed by atoms with E-state index < -0.39 is 5.97 Å². The van der Waals surface area contributed by atoms with E-state index in [0.29, 0.717) is 28.6 Å². The molecule has 136 valence electrons. The fourth-order valence-corrected chi connectivity index (χ4v) is 2.60. The van der Waals surface area contributed by atoms with E-state index in [-0.39, 0.29) is 11.6 Å². The van der Waals surface area contributed by atoms with Crippen LogP contribution in [0.1, 0.15) is 27.8 Å². The van der Waals surface area contributed by atoms with Crippen molar-refractivity contribution in [3.05, 3.63) is 77.2 Å². The number of rotatable bonds is 5. The van der Waals surface area contributed by atoms with Gasteiger partial charge in [-0.25, -0.2) is 4.79 Å². The number of carbonyl (C=O) groups is 2. The summed E-state index contributed by atoms with van der Waals surface area (Å²) in [4.78, 5) is 32.4. The second kappa shape index (κ2) is 8.42. The average molecular weight is 382 g/mol. The van der Waals surface area contributed by atoms with Crippen molar-refractivity contribution in [3.63, 3.8) is 0 Å². The lowest BCUT2D eigenvalue weighted by atomic mass is 10.1. The number of esters is 1. The van der Waals surface area contributed by atoms with Gasteiger partial charge in [0.2, 0.25) is 0 Å². The van der Waals surface area contributed by atoms with Gasteiger partial charge >= 0.3 is 5.97 Å². The van der Waals surface area contributed by atoms with Crippen molar-refractivity contribution in [1.29, 1.82) is 0 Å². The van der Waals surface area contributed by atoms with Crippen LogP contribution in [0.2, 0.25) is 5.02 Å². The van der Waals surface area contributed by atoms with E-state index in [9.17, 15) is 9.59 Å². The Morgan fingerprint density at radius 2 is 1.85 bits per heavy atom. The molecule has 7 heteroatoms. The molecule has 0 fully saturated rings. The van der Waals surface area contributed by atoms with Crippen LogP contribution in [0.4, 0.5) is 5.69 Å². The molecule has 0 bridgehead atoms. The lowest BCUT2D eigenvalue weighted by Crippen LogP contribution is -2.13. The zero-order valence-electron chi connectivity index (χ0n) is 14.5. The molecule has 6 nitrogen and oxygen atoms in total. The highest BCUT2D eigenvalue weighted by atomic mass is 35.5. The molecular weight excluding hydrogens is 366 g/mol. The number of halogens is 1. The third-order valence-electron chi connectivity index (χ3n) is 3.68. The number of nitrogens with zero attached hydrogens (tertiary/aromatic N) is 2. The number of ether oxygens (including phenoxy) is 1. The molecule has 2 heterocycles. The van der Waals surface area contributed by atoms with Crippen molar-refractivity contribution in [2.75, 3.05) is 11.9 Å². The van der Waals surface area contributed by atoms with Gasteiger partial charge in [0.1, 0.15) is 5.69 Å². The van der Waals surface area contributed by atoms with Gasteiger partial charge in [0.25, 0.3) is 5.91 Å². The minimum atomic E-state index is -0.402. The number of carbonyl (C=O) groups excluding carboxylic acids is 2. The molecular formula is C20H16ClN3O3. The highest BCUT2D eigenvalue weighted by Gasteiger charge is 2.11. The third-order valence-corrected chi connectivity index (χ3v) is 3.99. The molecule has 0 aliphatic carbocycles. The Morgan fingerprint density at radius 1 is 1.07 bits per heavy atom. The van der Waals surface area contributed by atoms with Gasteiger partial charge in [0.05, 0.1) is 22.9 Å². The summed E-state index contributed by atoms with van der Waals surface area (Å²) in [6.45, 7) is 2.05. The van der Waals surface area contributed by atoms with Gasteiger partial charge in [0, 0.05) is 23.6 Å². The predicted octanol–water partition coefficient (Wildman–Crippen LogP) is 4.23. The second-order valence-corrected chi connectivity index (χ2v) is 5.93. The van der Waals surface area contributed by atoms with E-state index >= 15 is 0 Å². The van der Waals surface area contributed by atoms with Crippen LogP contribution in [0, 0.1) is 0 Å². The van der Waals surface area contributed by atoms with E-state index in [1.54, 1.807) is 67.8 Å². The molecule has 1 aromatic carbocycles. The number of amides is 1. The monoisotopic (exact) mass is 381 g/mol. The molecule has 0 spiro atoms. The fourth-order valence-electron chi connectivity index (χ4n) is 2.37. The topological polar surface area (TPSA) is 81.2 Å². The summed E-state index contributed by atoms with van der Waals surface area (Å²) in [7, 11) is 0. The van der Waals surface area contributed by atoms with E-state index in [1.807, 2.05) is 0 Å². The molecule has 3 rings (SSSR count). The zero-order chi connectivity index (χ0) is 19.2. The average Bonchev–Trinajstić information content (AvgIpc) is 2.69. The molecule has 0 aliphatic rings. The van der Waals surface area contributed by atoms with Gasteiger partial charge < -0.3 is 10.1 Å². The molecule has 0 saturated carbocycles. The summed E-state index contributed by atoms with van der Waals surface area (Å²) in [5, 5.41) is 3.24. The van der Waals surface area contributed by atoms with Gasteiger partial charge in [-0.1, -0.05) is 11.6 Å². The number of hydrogen-bond acceptors (Lipinski definition) is 5. The molecule has 1 amide bonds. The fraction of sp³-hybridized carbons (Fsp3) is 0.100. The molecule has 2 aromatic heterocycles. The summed E-state index contributed by atoms with van der Waals surface area (Å²) in [5.41, 5.74) is 2.54. The van der Waals surface area contributed by atoms with Crippen molar-refractivity contribution in [2.24, 2.45) is 0 Å². The zero-order valence-corrected chi connectivity index (χ0v) is 15.2. The maximum Gasteiger partial charge on any atom is 0.338 e. The first-order valence-electron chi connectivity index (χ1n) is 8.24. The third kappa shape index (κ3) is 4.48. The van der Waals surface area contributed by atoms with Gasteiger partial charge in [-0.15, -0.1) is 0 Å². The first kappa shape index (κ1) is 18.5. The normalized spacial score (nSPS) is 10.3. The number of nitrogens with one attached hydrogen (secondary N) is 1. The molecule has 0 aliphatic heterocycles. The van der Waals surface area contributed by atoms with Crippen LogP contribution in [0.25, 0.3) is 11.3 Å². The molecule has 27 heavy (non-hydrogen) atoms. The largest absolute Gasteiger partial charge is 0.462 e. The lowest BCUT2D eigenvalue weighted by Gasteiger charge is -2.07. The predicted molar refractivity (Wildman–Crippen MR) is 103 cm³/mol. The Hall–Kier alpha value is -3.25. The first-order chi connectivity index (χ1) is 13.1.